The average molecular weight is 329 g/mol. The van der Waals surface area contributed by atoms with Gasteiger partial charge in [0.1, 0.15) is 4.99 Å². The first-order valence-electron chi connectivity index (χ1n) is 7.18. The number of hydrogen-bond acceptors (Lipinski definition) is 3. The second-order valence-corrected chi connectivity index (χ2v) is 7.46. The fourth-order valence-electron chi connectivity index (χ4n) is 2.51. The molecule has 0 amide bonds. The first-order valence-corrected chi connectivity index (χ1v) is 9.24. The predicted octanol–water partition coefficient (Wildman–Crippen LogP) is 2.56. The average Bonchev–Trinajstić information content (AvgIpc) is 2.39. The highest BCUT2D eigenvalue weighted by molar-refractivity contribution is 7.88. The number of nitrogens with two attached hydrogens (primary N) is 1. The smallest absolute Gasteiger partial charge is 0.216 e. The van der Waals surface area contributed by atoms with E-state index in [1.165, 1.54) is 0 Å². The number of sulfonamides is 1. The van der Waals surface area contributed by atoms with Crippen molar-refractivity contribution in [2.45, 2.75) is 45.4 Å². The Morgan fingerprint density at radius 2 is 1.86 bits per heavy atom. The number of benzene rings is 1. The number of nitrogens with one attached hydrogen (secondary N) is 1. The van der Waals surface area contributed by atoms with Gasteiger partial charge in [-0.2, -0.15) is 0 Å². The van der Waals surface area contributed by atoms with E-state index in [0.717, 1.165) is 12.8 Å². The van der Waals surface area contributed by atoms with Crippen LogP contribution in [0.15, 0.2) is 24.3 Å². The highest BCUT2D eigenvalue weighted by Gasteiger charge is 2.21. The van der Waals surface area contributed by atoms with E-state index in [-0.39, 0.29) is 16.8 Å². The van der Waals surface area contributed by atoms with Gasteiger partial charge in [0.05, 0.1) is 5.75 Å². The summed E-state index contributed by atoms with van der Waals surface area (Å²) in [7, 11) is -3.42. The minimum absolute atomic E-state index is 0.0815. The van der Waals surface area contributed by atoms with Gasteiger partial charge in [0.15, 0.2) is 0 Å². The summed E-state index contributed by atoms with van der Waals surface area (Å²) in [6.45, 7) is 6.05. The summed E-state index contributed by atoms with van der Waals surface area (Å²) >= 11 is 4.97. The SMILES string of the molecule is CCC(CC)C(C)NS(=O)(=O)Cc1ccccc1C(N)=S. The van der Waals surface area contributed by atoms with Gasteiger partial charge in [0.25, 0.3) is 0 Å². The van der Waals surface area contributed by atoms with E-state index in [1.54, 1.807) is 24.3 Å². The molecule has 0 spiro atoms. The third-order valence-corrected chi connectivity index (χ3v) is 5.39. The molecule has 118 valence electrons. The molecule has 0 bridgehead atoms. The minimum Gasteiger partial charge on any atom is -0.389 e. The summed E-state index contributed by atoms with van der Waals surface area (Å²) < 4.78 is 27.4. The molecule has 1 aromatic carbocycles. The highest BCUT2D eigenvalue weighted by Crippen LogP contribution is 2.16. The Labute approximate surface area is 133 Å². The topological polar surface area (TPSA) is 72.2 Å². The van der Waals surface area contributed by atoms with Gasteiger partial charge in [-0.3, -0.25) is 0 Å². The Morgan fingerprint density at radius 1 is 1.29 bits per heavy atom. The van der Waals surface area contributed by atoms with Gasteiger partial charge >= 0.3 is 0 Å². The molecule has 0 aliphatic rings. The first kappa shape index (κ1) is 18.1. The van der Waals surface area contributed by atoms with Crippen molar-refractivity contribution in [3.8, 4) is 0 Å². The molecule has 0 fully saturated rings. The van der Waals surface area contributed by atoms with Crippen LogP contribution in [0.5, 0.6) is 0 Å². The zero-order chi connectivity index (χ0) is 16.0. The molecule has 4 nitrogen and oxygen atoms in total. The Bertz CT molecular complexity index is 581. The van der Waals surface area contributed by atoms with Crippen molar-refractivity contribution in [1.82, 2.24) is 4.72 Å². The highest BCUT2D eigenvalue weighted by atomic mass is 32.2. The quantitative estimate of drug-likeness (QED) is 0.719. The summed E-state index contributed by atoms with van der Waals surface area (Å²) in [5.41, 5.74) is 6.89. The van der Waals surface area contributed by atoms with E-state index in [1.807, 2.05) is 6.92 Å². The van der Waals surface area contributed by atoms with Gasteiger partial charge in [-0.05, 0) is 18.4 Å². The Morgan fingerprint density at radius 3 is 2.38 bits per heavy atom. The molecule has 1 rings (SSSR count). The lowest BCUT2D eigenvalue weighted by molar-refractivity contribution is 0.390. The molecule has 0 saturated heterocycles. The maximum Gasteiger partial charge on any atom is 0.216 e. The molecule has 0 radical (unpaired) electrons. The third kappa shape index (κ3) is 5.37. The maximum atomic E-state index is 12.3. The Kier molecular flexibility index (Phi) is 6.77. The molecular formula is C15H24N2O2S2. The summed E-state index contributed by atoms with van der Waals surface area (Å²) in [5, 5.41) is 0. The maximum absolute atomic E-state index is 12.3. The third-order valence-electron chi connectivity index (χ3n) is 3.75. The van der Waals surface area contributed by atoms with Gasteiger partial charge in [0, 0.05) is 11.6 Å². The largest absolute Gasteiger partial charge is 0.389 e. The van der Waals surface area contributed by atoms with Gasteiger partial charge in [0.2, 0.25) is 10.0 Å². The van der Waals surface area contributed by atoms with Crippen molar-refractivity contribution >= 4 is 27.2 Å². The van der Waals surface area contributed by atoms with E-state index in [0.29, 0.717) is 17.0 Å². The van der Waals surface area contributed by atoms with Crippen molar-refractivity contribution in [3.63, 3.8) is 0 Å². The fourth-order valence-corrected chi connectivity index (χ4v) is 4.21. The zero-order valence-corrected chi connectivity index (χ0v) is 14.4. The van der Waals surface area contributed by atoms with Crippen molar-refractivity contribution in [1.29, 1.82) is 0 Å². The van der Waals surface area contributed by atoms with E-state index < -0.39 is 10.0 Å². The van der Waals surface area contributed by atoms with Crippen LogP contribution < -0.4 is 10.5 Å². The van der Waals surface area contributed by atoms with Crippen LogP contribution in [-0.4, -0.2) is 19.4 Å². The predicted molar refractivity (Wildman–Crippen MR) is 91.6 cm³/mol. The molecule has 0 aliphatic heterocycles. The Balaban J connectivity index is 2.89. The van der Waals surface area contributed by atoms with Crippen LogP contribution in [0, 0.1) is 5.92 Å². The van der Waals surface area contributed by atoms with Crippen molar-refractivity contribution < 1.29 is 8.42 Å². The number of hydrogen-bond donors (Lipinski definition) is 2. The summed E-state index contributed by atoms with van der Waals surface area (Å²) in [4.78, 5) is 0.217. The van der Waals surface area contributed by atoms with Crippen LogP contribution in [0.2, 0.25) is 0 Å². The lowest BCUT2D eigenvalue weighted by atomic mass is 9.96. The standard InChI is InChI=1S/C15H24N2O2S2/c1-4-12(5-2)11(3)17-21(18,19)10-13-8-6-7-9-14(13)15(16)20/h6-9,11-12,17H,4-5,10H2,1-3H3,(H2,16,20). The van der Waals surface area contributed by atoms with Crippen LogP contribution >= 0.6 is 12.2 Å². The first-order chi connectivity index (χ1) is 9.80. The molecule has 0 saturated carbocycles. The summed E-state index contributed by atoms with van der Waals surface area (Å²) in [6, 6.07) is 7.00. The van der Waals surface area contributed by atoms with E-state index in [9.17, 15) is 8.42 Å². The molecule has 1 aromatic rings. The summed E-state index contributed by atoms with van der Waals surface area (Å²) in [5.74, 6) is 0.232. The molecular weight excluding hydrogens is 304 g/mol. The molecule has 0 aromatic heterocycles. The van der Waals surface area contributed by atoms with Crippen LogP contribution in [0.1, 0.15) is 44.7 Å². The second kappa shape index (κ2) is 7.87. The molecule has 0 aliphatic carbocycles. The zero-order valence-electron chi connectivity index (χ0n) is 12.8. The second-order valence-electron chi connectivity index (χ2n) is 5.26. The fraction of sp³-hybridized carbons (Fsp3) is 0.533. The van der Waals surface area contributed by atoms with Crippen molar-refractivity contribution in [3.05, 3.63) is 35.4 Å². The Hall–Kier alpha value is -0.980. The molecule has 21 heavy (non-hydrogen) atoms. The van der Waals surface area contributed by atoms with Crippen LogP contribution in [-0.2, 0) is 15.8 Å². The monoisotopic (exact) mass is 328 g/mol. The molecule has 0 heterocycles. The minimum atomic E-state index is -3.42. The van der Waals surface area contributed by atoms with Gasteiger partial charge in [-0.1, -0.05) is 63.2 Å². The lowest BCUT2D eigenvalue weighted by Crippen LogP contribution is -2.38. The van der Waals surface area contributed by atoms with E-state index in [2.05, 4.69) is 18.6 Å². The molecule has 3 N–H and O–H groups in total. The number of thiocarbonyl (C=S) groups is 1. The lowest BCUT2D eigenvalue weighted by Gasteiger charge is -2.22. The molecule has 1 unspecified atom stereocenters. The molecule has 6 heteroatoms. The van der Waals surface area contributed by atoms with Gasteiger partial charge in [-0.25, -0.2) is 13.1 Å². The van der Waals surface area contributed by atoms with Crippen LogP contribution in [0.4, 0.5) is 0 Å². The van der Waals surface area contributed by atoms with E-state index >= 15 is 0 Å². The van der Waals surface area contributed by atoms with Gasteiger partial charge < -0.3 is 5.73 Å². The van der Waals surface area contributed by atoms with E-state index in [4.69, 9.17) is 18.0 Å². The van der Waals surface area contributed by atoms with Crippen LogP contribution in [0.3, 0.4) is 0 Å². The van der Waals surface area contributed by atoms with Crippen molar-refractivity contribution in [2.75, 3.05) is 0 Å². The van der Waals surface area contributed by atoms with Gasteiger partial charge in [-0.15, -0.1) is 0 Å². The van der Waals surface area contributed by atoms with Crippen LogP contribution in [0.25, 0.3) is 0 Å². The van der Waals surface area contributed by atoms with Crippen molar-refractivity contribution in [2.24, 2.45) is 11.7 Å². The summed E-state index contributed by atoms with van der Waals surface area (Å²) in [6.07, 6.45) is 1.90. The normalized spacial score (nSPS) is 13.3. The number of rotatable bonds is 8. The molecule has 1 atom stereocenters.